The second-order valence-electron chi connectivity index (χ2n) is 4.72. The monoisotopic (exact) mass is 229 g/mol. The molecule has 1 fully saturated rings. The van der Waals surface area contributed by atoms with Crippen molar-refractivity contribution in [3.63, 3.8) is 0 Å². The van der Waals surface area contributed by atoms with Crippen LogP contribution < -0.4 is 0 Å². The van der Waals surface area contributed by atoms with Crippen molar-refractivity contribution >= 4 is 5.97 Å². The van der Waals surface area contributed by atoms with Crippen LogP contribution in [-0.4, -0.2) is 47.8 Å². The second-order valence-corrected chi connectivity index (χ2v) is 4.72. The van der Waals surface area contributed by atoms with Gasteiger partial charge < -0.3 is 9.84 Å². The fourth-order valence-corrected chi connectivity index (χ4v) is 2.24. The Kier molecular flexibility index (Phi) is 5.77. The van der Waals surface area contributed by atoms with Crippen molar-refractivity contribution < 1.29 is 14.6 Å². The first kappa shape index (κ1) is 13.5. The number of carbonyl (C=O) groups is 1. The van der Waals surface area contributed by atoms with Gasteiger partial charge in [0.1, 0.15) is 0 Å². The number of aliphatic carboxylic acids is 1. The molecule has 4 heteroatoms. The maximum Gasteiger partial charge on any atom is 0.317 e. The maximum atomic E-state index is 10.8. The van der Waals surface area contributed by atoms with Gasteiger partial charge in [0.15, 0.2) is 0 Å². The number of hydrogen-bond acceptors (Lipinski definition) is 3. The summed E-state index contributed by atoms with van der Waals surface area (Å²) in [4.78, 5) is 12.8. The van der Waals surface area contributed by atoms with Gasteiger partial charge >= 0.3 is 5.97 Å². The maximum absolute atomic E-state index is 10.8. The molecule has 0 atom stereocenters. The Morgan fingerprint density at radius 1 is 1.44 bits per heavy atom. The van der Waals surface area contributed by atoms with Gasteiger partial charge in [-0.15, -0.1) is 0 Å². The Hall–Kier alpha value is -0.610. The van der Waals surface area contributed by atoms with Gasteiger partial charge in [-0.3, -0.25) is 9.69 Å². The van der Waals surface area contributed by atoms with Gasteiger partial charge in [-0.2, -0.15) is 0 Å². The molecule has 1 rings (SSSR count). The second kappa shape index (κ2) is 6.86. The highest BCUT2D eigenvalue weighted by molar-refractivity contribution is 5.69. The first-order valence-corrected chi connectivity index (χ1v) is 6.17. The third kappa shape index (κ3) is 4.94. The molecule has 0 aliphatic heterocycles. The highest BCUT2D eigenvalue weighted by Gasteiger charge is 2.23. The van der Waals surface area contributed by atoms with Gasteiger partial charge in [0.25, 0.3) is 0 Å². The lowest BCUT2D eigenvalue weighted by Crippen LogP contribution is -2.40. The molecule has 0 spiro atoms. The van der Waals surface area contributed by atoms with Crippen LogP contribution in [-0.2, 0) is 9.53 Å². The van der Waals surface area contributed by atoms with Crippen molar-refractivity contribution in [2.75, 3.05) is 19.7 Å². The Bertz CT molecular complexity index is 212. The summed E-state index contributed by atoms with van der Waals surface area (Å²) < 4.78 is 5.48. The van der Waals surface area contributed by atoms with Crippen molar-refractivity contribution in [1.82, 2.24) is 4.90 Å². The summed E-state index contributed by atoms with van der Waals surface area (Å²) >= 11 is 0. The largest absolute Gasteiger partial charge is 0.480 e. The molecular weight excluding hydrogens is 206 g/mol. The summed E-state index contributed by atoms with van der Waals surface area (Å²) in [7, 11) is 0. The molecule has 0 amide bonds. The summed E-state index contributed by atoms with van der Waals surface area (Å²) in [5, 5.41) is 8.87. The zero-order valence-electron chi connectivity index (χ0n) is 10.3. The highest BCUT2D eigenvalue weighted by Crippen LogP contribution is 2.23. The highest BCUT2D eigenvalue weighted by atomic mass is 16.5. The lowest BCUT2D eigenvalue weighted by Gasteiger charge is -2.27. The molecule has 0 aromatic rings. The van der Waals surface area contributed by atoms with Crippen molar-refractivity contribution in [2.24, 2.45) is 0 Å². The number of ether oxygens (including phenoxy) is 1. The van der Waals surface area contributed by atoms with E-state index >= 15 is 0 Å². The van der Waals surface area contributed by atoms with Gasteiger partial charge in [0.2, 0.25) is 0 Å². The van der Waals surface area contributed by atoms with Crippen LogP contribution in [0.4, 0.5) is 0 Å². The standard InChI is InChI=1S/C12H23NO3/c1-10(2)16-8-7-13(9-12(14)15)11-5-3-4-6-11/h10-11H,3-9H2,1-2H3,(H,14,15). The van der Waals surface area contributed by atoms with Crippen LogP contribution in [0.2, 0.25) is 0 Å². The van der Waals surface area contributed by atoms with E-state index in [0.29, 0.717) is 12.6 Å². The first-order valence-electron chi connectivity index (χ1n) is 6.17. The van der Waals surface area contributed by atoms with Gasteiger partial charge in [-0.05, 0) is 26.7 Å². The SMILES string of the molecule is CC(C)OCCN(CC(=O)O)C1CCCC1. The molecule has 0 bridgehead atoms. The minimum atomic E-state index is -0.739. The fourth-order valence-electron chi connectivity index (χ4n) is 2.24. The van der Waals surface area contributed by atoms with E-state index in [4.69, 9.17) is 9.84 Å². The molecule has 0 aromatic carbocycles. The summed E-state index contributed by atoms with van der Waals surface area (Å²) in [6.45, 7) is 5.50. The minimum absolute atomic E-state index is 0.145. The van der Waals surface area contributed by atoms with Crippen LogP contribution in [0.15, 0.2) is 0 Å². The molecule has 1 aliphatic rings. The lowest BCUT2D eigenvalue weighted by molar-refractivity contribution is -0.139. The number of nitrogens with zero attached hydrogens (tertiary/aromatic N) is 1. The minimum Gasteiger partial charge on any atom is -0.480 e. The molecule has 1 aliphatic carbocycles. The number of carboxylic acids is 1. The van der Waals surface area contributed by atoms with E-state index in [2.05, 4.69) is 4.90 Å². The van der Waals surface area contributed by atoms with E-state index in [0.717, 1.165) is 19.4 Å². The van der Waals surface area contributed by atoms with Crippen molar-refractivity contribution in [1.29, 1.82) is 0 Å². The molecule has 4 nitrogen and oxygen atoms in total. The predicted molar refractivity (Wildman–Crippen MR) is 62.6 cm³/mol. The van der Waals surface area contributed by atoms with Crippen LogP contribution in [0.3, 0.4) is 0 Å². The molecule has 0 saturated heterocycles. The zero-order valence-corrected chi connectivity index (χ0v) is 10.3. The quantitative estimate of drug-likeness (QED) is 0.722. The van der Waals surface area contributed by atoms with Crippen molar-refractivity contribution in [2.45, 2.75) is 51.7 Å². The van der Waals surface area contributed by atoms with Gasteiger partial charge in [0.05, 0.1) is 19.3 Å². The number of carboxylic acid groups (broad SMARTS) is 1. The molecule has 1 saturated carbocycles. The Morgan fingerprint density at radius 3 is 2.56 bits per heavy atom. The topological polar surface area (TPSA) is 49.8 Å². The molecule has 0 aromatic heterocycles. The van der Waals surface area contributed by atoms with E-state index < -0.39 is 5.97 Å². The molecule has 0 heterocycles. The smallest absolute Gasteiger partial charge is 0.317 e. The van der Waals surface area contributed by atoms with Crippen LogP contribution in [0.1, 0.15) is 39.5 Å². The zero-order chi connectivity index (χ0) is 12.0. The Balaban J connectivity index is 2.34. The van der Waals surface area contributed by atoms with E-state index in [-0.39, 0.29) is 12.6 Å². The first-order chi connectivity index (χ1) is 7.59. The van der Waals surface area contributed by atoms with Gasteiger partial charge in [-0.1, -0.05) is 12.8 Å². The summed E-state index contributed by atoms with van der Waals surface area (Å²) in [5.41, 5.74) is 0. The fraction of sp³-hybridized carbons (Fsp3) is 0.917. The van der Waals surface area contributed by atoms with Crippen LogP contribution in [0.5, 0.6) is 0 Å². The number of rotatable bonds is 7. The van der Waals surface area contributed by atoms with Crippen molar-refractivity contribution in [3.05, 3.63) is 0 Å². The summed E-state index contributed by atoms with van der Waals surface area (Å²) in [6.07, 6.45) is 4.94. The summed E-state index contributed by atoms with van der Waals surface area (Å²) in [5.74, 6) is -0.739. The van der Waals surface area contributed by atoms with E-state index in [1.165, 1.54) is 12.8 Å². The normalized spacial score (nSPS) is 17.5. The van der Waals surface area contributed by atoms with E-state index in [9.17, 15) is 4.79 Å². The lowest BCUT2D eigenvalue weighted by atomic mass is 10.2. The Labute approximate surface area is 97.6 Å². The van der Waals surface area contributed by atoms with Crippen molar-refractivity contribution in [3.8, 4) is 0 Å². The summed E-state index contributed by atoms with van der Waals surface area (Å²) in [6, 6.07) is 0.451. The molecule has 1 N–H and O–H groups in total. The van der Waals surface area contributed by atoms with Crippen LogP contribution in [0, 0.1) is 0 Å². The third-order valence-electron chi connectivity index (χ3n) is 3.01. The van der Waals surface area contributed by atoms with Crippen LogP contribution in [0.25, 0.3) is 0 Å². The molecule has 0 unspecified atom stereocenters. The Morgan fingerprint density at radius 2 is 2.06 bits per heavy atom. The molecule has 16 heavy (non-hydrogen) atoms. The van der Waals surface area contributed by atoms with E-state index in [1.807, 2.05) is 13.8 Å². The molecule has 0 radical (unpaired) electrons. The van der Waals surface area contributed by atoms with Gasteiger partial charge in [-0.25, -0.2) is 0 Å². The van der Waals surface area contributed by atoms with E-state index in [1.54, 1.807) is 0 Å². The molecule has 94 valence electrons. The third-order valence-corrected chi connectivity index (χ3v) is 3.01. The average molecular weight is 229 g/mol. The number of hydrogen-bond donors (Lipinski definition) is 1. The van der Waals surface area contributed by atoms with Gasteiger partial charge in [0, 0.05) is 12.6 Å². The van der Waals surface area contributed by atoms with Crippen LogP contribution >= 0.6 is 0 Å². The predicted octanol–water partition coefficient (Wildman–Crippen LogP) is 1.74. The molecular formula is C12H23NO3. The average Bonchev–Trinajstić information content (AvgIpc) is 2.67.